The van der Waals surface area contributed by atoms with E-state index in [1.54, 1.807) is 17.0 Å². The molecule has 1 amide bonds. The van der Waals surface area contributed by atoms with E-state index < -0.39 is 0 Å². The predicted octanol–water partition coefficient (Wildman–Crippen LogP) is 3.57. The summed E-state index contributed by atoms with van der Waals surface area (Å²) in [6, 6.07) is 14.7. The summed E-state index contributed by atoms with van der Waals surface area (Å²) in [6.45, 7) is 0.611. The van der Waals surface area contributed by atoms with Gasteiger partial charge in [0.1, 0.15) is 5.75 Å². The van der Waals surface area contributed by atoms with Crippen LogP contribution in [0.4, 0.5) is 5.69 Å². The Balaban J connectivity index is 1.70. The molecule has 0 fully saturated rings. The Morgan fingerprint density at radius 3 is 2.91 bits per heavy atom. The van der Waals surface area contributed by atoms with E-state index in [1.807, 2.05) is 30.3 Å². The zero-order chi connectivity index (χ0) is 16.2. The molecular formula is C18H15ClN2O2. The summed E-state index contributed by atoms with van der Waals surface area (Å²) in [6.07, 6.45) is 1.93. The van der Waals surface area contributed by atoms with Gasteiger partial charge in [0.15, 0.2) is 6.61 Å². The van der Waals surface area contributed by atoms with Crippen molar-refractivity contribution in [2.75, 3.05) is 18.1 Å². The number of anilines is 1. The molecule has 0 saturated heterocycles. The summed E-state index contributed by atoms with van der Waals surface area (Å²) in [5.41, 5.74) is 2.60. The highest BCUT2D eigenvalue weighted by Gasteiger charge is 2.22. The molecule has 0 unspecified atom stereocenters. The number of nitrogens with zero attached hydrogens (tertiary/aromatic N) is 2. The first kappa shape index (κ1) is 15.4. The molecule has 5 heteroatoms. The van der Waals surface area contributed by atoms with Crippen molar-refractivity contribution >= 4 is 23.2 Å². The van der Waals surface area contributed by atoms with E-state index in [0.717, 1.165) is 18.5 Å². The van der Waals surface area contributed by atoms with Crippen molar-refractivity contribution in [3.63, 3.8) is 0 Å². The Morgan fingerprint density at radius 2 is 2.13 bits per heavy atom. The molecule has 2 aromatic carbocycles. The fraction of sp³-hybridized carbons (Fsp3) is 0.222. The molecule has 4 nitrogen and oxygen atoms in total. The molecule has 23 heavy (non-hydrogen) atoms. The number of aryl methyl sites for hydroxylation is 1. The number of hydrogen-bond donors (Lipinski definition) is 0. The molecule has 0 atom stereocenters. The Labute approximate surface area is 139 Å². The van der Waals surface area contributed by atoms with Gasteiger partial charge in [0.2, 0.25) is 0 Å². The van der Waals surface area contributed by atoms with Crippen LogP contribution in [-0.4, -0.2) is 19.1 Å². The average molecular weight is 327 g/mol. The zero-order valence-corrected chi connectivity index (χ0v) is 13.2. The maximum atomic E-state index is 12.5. The monoisotopic (exact) mass is 326 g/mol. The first-order valence-electron chi connectivity index (χ1n) is 7.40. The lowest BCUT2D eigenvalue weighted by Crippen LogP contribution is -2.38. The van der Waals surface area contributed by atoms with Gasteiger partial charge in [-0.25, -0.2) is 0 Å². The molecule has 0 spiro atoms. The molecule has 3 rings (SSSR count). The van der Waals surface area contributed by atoms with Gasteiger partial charge in [-0.2, -0.15) is 5.26 Å². The molecule has 0 aromatic heterocycles. The standard InChI is InChI=1S/C18H15ClN2O2/c19-15-10-13(11-20)7-8-17(15)23-12-18(22)21-9-3-5-14-4-1-2-6-16(14)21/h1-2,4,6-8,10H,3,5,9,12H2. The average Bonchev–Trinajstić information content (AvgIpc) is 2.59. The molecular weight excluding hydrogens is 312 g/mol. The van der Waals surface area contributed by atoms with Crippen molar-refractivity contribution in [3.05, 3.63) is 58.6 Å². The van der Waals surface area contributed by atoms with Crippen LogP contribution >= 0.6 is 11.6 Å². The van der Waals surface area contributed by atoms with Crippen molar-refractivity contribution in [1.29, 1.82) is 5.26 Å². The first-order chi connectivity index (χ1) is 11.2. The highest BCUT2D eigenvalue weighted by Crippen LogP contribution is 2.28. The second-order valence-corrected chi connectivity index (χ2v) is 5.73. The smallest absolute Gasteiger partial charge is 0.264 e. The van der Waals surface area contributed by atoms with Crippen LogP contribution in [0, 0.1) is 11.3 Å². The summed E-state index contributed by atoms with van der Waals surface area (Å²) >= 11 is 6.06. The quantitative estimate of drug-likeness (QED) is 0.866. The second kappa shape index (κ2) is 6.72. The number of ether oxygens (including phenoxy) is 1. The molecule has 0 aliphatic carbocycles. The number of rotatable bonds is 3. The maximum absolute atomic E-state index is 12.5. The second-order valence-electron chi connectivity index (χ2n) is 5.32. The minimum Gasteiger partial charge on any atom is -0.482 e. The van der Waals surface area contributed by atoms with E-state index in [1.165, 1.54) is 11.6 Å². The molecule has 1 heterocycles. The van der Waals surface area contributed by atoms with Crippen LogP contribution in [0.5, 0.6) is 5.75 Å². The number of hydrogen-bond acceptors (Lipinski definition) is 3. The molecule has 2 aromatic rings. The minimum atomic E-state index is -0.0995. The third-order valence-electron chi connectivity index (χ3n) is 3.82. The Bertz CT molecular complexity index is 783. The number of amides is 1. The number of fused-ring (bicyclic) bond motifs is 1. The number of carbonyl (C=O) groups is 1. The Kier molecular flexibility index (Phi) is 4.50. The SMILES string of the molecule is N#Cc1ccc(OCC(=O)N2CCCc3ccccc32)c(Cl)c1. The van der Waals surface area contributed by atoms with E-state index in [-0.39, 0.29) is 12.5 Å². The van der Waals surface area contributed by atoms with Gasteiger partial charge >= 0.3 is 0 Å². The fourth-order valence-electron chi connectivity index (χ4n) is 2.70. The van der Waals surface area contributed by atoms with Gasteiger partial charge in [-0.05, 0) is 42.7 Å². The largest absolute Gasteiger partial charge is 0.482 e. The third-order valence-corrected chi connectivity index (χ3v) is 4.12. The van der Waals surface area contributed by atoms with Crippen molar-refractivity contribution in [1.82, 2.24) is 0 Å². The van der Waals surface area contributed by atoms with Crippen LogP contribution in [-0.2, 0) is 11.2 Å². The van der Waals surface area contributed by atoms with E-state index >= 15 is 0 Å². The molecule has 116 valence electrons. The molecule has 1 aliphatic rings. The van der Waals surface area contributed by atoms with Gasteiger partial charge in [0.05, 0.1) is 16.7 Å². The molecule has 0 radical (unpaired) electrons. The van der Waals surface area contributed by atoms with Crippen LogP contribution in [0.3, 0.4) is 0 Å². The summed E-state index contributed by atoms with van der Waals surface area (Å²) in [5.74, 6) is 0.307. The topological polar surface area (TPSA) is 53.3 Å². The summed E-state index contributed by atoms with van der Waals surface area (Å²) in [4.78, 5) is 14.2. The van der Waals surface area contributed by atoms with Gasteiger partial charge in [-0.1, -0.05) is 29.8 Å². The Hall–Kier alpha value is -2.51. The fourth-order valence-corrected chi connectivity index (χ4v) is 2.93. The Morgan fingerprint density at radius 1 is 1.30 bits per heavy atom. The highest BCUT2D eigenvalue weighted by molar-refractivity contribution is 6.32. The lowest BCUT2D eigenvalue weighted by Gasteiger charge is -2.29. The number of para-hydroxylation sites is 1. The zero-order valence-electron chi connectivity index (χ0n) is 12.5. The van der Waals surface area contributed by atoms with Crippen LogP contribution in [0.15, 0.2) is 42.5 Å². The van der Waals surface area contributed by atoms with E-state index in [4.69, 9.17) is 21.6 Å². The first-order valence-corrected chi connectivity index (χ1v) is 7.77. The van der Waals surface area contributed by atoms with Gasteiger partial charge < -0.3 is 9.64 Å². The number of carbonyl (C=O) groups excluding carboxylic acids is 1. The van der Waals surface area contributed by atoms with Crippen LogP contribution in [0.25, 0.3) is 0 Å². The minimum absolute atomic E-state index is 0.0834. The lowest BCUT2D eigenvalue weighted by atomic mass is 10.0. The van der Waals surface area contributed by atoms with Gasteiger partial charge in [-0.3, -0.25) is 4.79 Å². The van der Waals surface area contributed by atoms with Crippen LogP contribution < -0.4 is 9.64 Å². The van der Waals surface area contributed by atoms with E-state index in [9.17, 15) is 4.79 Å². The van der Waals surface area contributed by atoms with Gasteiger partial charge in [0.25, 0.3) is 5.91 Å². The predicted molar refractivity (Wildman–Crippen MR) is 88.8 cm³/mol. The highest BCUT2D eigenvalue weighted by atomic mass is 35.5. The van der Waals surface area contributed by atoms with Crippen molar-refractivity contribution in [2.45, 2.75) is 12.8 Å². The van der Waals surface area contributed by atoms with Gasteiger partial charge in [0, 0.05) is 12.2 Å². The van der Waals surface area contributed by atoms with Crippen LogP contribution in [0.2, 0.25) is 5.02 Å². The summed E-state index contributed by atoms with van der Waals surface area (Å²) < 4.78 is 5.53. The number of benzene rings is 2. The van der Waals surface area contributed by atoms with Crippen LogP contribution in [0.1, 0.15) is 17.5 Å². The molecule has 1 aliphatic heterocycles. The number of nitriles is 1. The van der Waals surface area contributed by atoms with E-state index in [2.05, 4.69) is 0 Å². The third kappa shape index (κ3) is 3.30. The van der Waals surface area contributed by atoms with Crippen molar-refractivity contribution in [3.8, 4) is 11.8 Å². The number of halogens is 1. The molecule has 0 saturated carbocycles. The summed E-state index contributed by atoms with van der Waals surface area (Å²) in [5, 5.41) is 9.15. The maximum Gasteiger partial charge on any atom is 0.264 e. The van der Waals surface area contributed by atoms with Gasteiger partial charge in [-0.15, -0.1) is 0 Å². The normalized spacial score (nSPS) is 13.1. The lowest BCUT2D eigenvalue weighted by molar-refractivity contribution is -0.120. The van der Waals surface area contributed by atoms with Crippen molar-refractivity contribution in [2.24, 2.45) is 0 Å². The van der Waals surface area contributed by atoms with E-state index in [0.29, 0.717) is 22.9 Å². The molecule has 0 N–H and O–H groups in total. The molecule has 0 bridgehead atoms. The van der Waals surface area contributed by atoms with Crippen molar-refractivity contribution < 1.29 is 9.53 Å². The summed E-state index contributed by atoms with van der Waals surface area (Å²) in [7, 11) is 0.